The number of nitrogens with zero attached hydrogens (tertiary/aromatic N) is 3. The van der Waals surface area contributed by atoms with Crippen LogP contribution < -0.4 is 5.32 Å². The van der Waals surface area contributed by atoms with Gasteiger partial charge in [0.05, 0.1) is 0 Å². The Bertz CT molecular complexity index is 1040. The van der Waals surface area contributed by atoms with Crippen molar-refractivity contribution in [2.75, 3.05) is 11.9 Å². The standard InChI is InChI=1S/C21H18BrFN4O2/c22-15-6-4-14(5-7-15)21(29)26-11-1-3-19(26)20(28)25-16-8-9-18(17(23)13-16)27-12-2-10-24-27/h2,4-10,12-13,19H,1,3,11H2,(H,25,28). The minimum absolute atomic E-state index is 0.185. The number of rotatable bonds is 4. The average molecular weight is 457 g/mol. The molecular weight excluding hydrogens is 439 g/mol. The van der Waals surface area contributed by atoms with E-state index >= 15 is 0 Å². The zero-order chi connectivity index (χ0) is 20.4. The lowest BCUT2D eigenvalue weighted by Gasteiger charge is -2.24. The molecule has 1 aromatic heterocycles. The molecule has 1 fully saturated rings. The molecule has 1 aliphatic rings. The molecule has 0 saturated carbocycles. The summed E-state index contributed by atoms with van der Waals surface area (Å²) in [6.45, 7) is 0.513. The molecule has 6 nitrogen and oxygen atoms in total. The molecule has 2 heterocycles. The number of benzene rings is 2. The quantitative estimate of drug-likeness (QED) is 0.644. The number of nitrogens with one attached hydrogen (secondary N) is 1. The fraction of sp³-hybridized carbons (Fsp3) is 0.190. The zero-order valence-corrected chi connectivity index (χ0v) is 17.0. The minimum Gasteiger partial charge on any atom is -0.327 e. The number of aromatic nitrogens is 2. The maximum atomic E-state index is 14.4. The molecule has 1 aliphatic heterocycles. The third kappa shape index (κ3) is 4.07. The van der Waals surface area contributed by atoms with E-state index in [1.54, 1.807) is 59.8 Å². The third-order valence-corrected chi connectivity index (χ3v) is 5.40. The van der Waals surface area contributed by atoms with Gasteiger partial charge in [-0.2, -0.15) is 5.10 Å². The Morgan fingerprint density at radius 2 is 1.97 bits per heavy atom. The van der Waals surface area contributed by atoms with E-state index in [4.69, 9.17) is 0 Å². The summed E-state index contributed by atoms with van der Waals surface area (Å²) in [6, 6.07) is 12.6. The van der Waals surface area contributed by atoms with Crippen molar-refractivity contribution in [3.63, 3.8) is 0 Å². The highest BCUT2D eigenvalue weighted by molar-refractivity contribution is 9.10. The number of hydrogen-bond acceptors (Lipinski definition) is 3. The SMILES string of the molecule is O=C(Nc1ccc(-n2cccn2)c(F)c1)C1CCCN1C(=O)c1ccc(Br)cc1. The summed E-state index contributed by atoms with van der Waals surface area (Å²) in [5, 5.41) is 6.74. The van der Waals surface area contributed by atoms with Gasteiger partial charge in [-0.05, 0) is 61.4 Å². The molecule has 0 bridgehead atoms. The van der Waals surface area contributed by atoms with Crippen LogP contribution in [0.25, 0.3) is 5.69 Å². The second-order valence-electron chi connectivity index (χ2n) is 6.77. The van der Waals surface area contributed by atoms with E-state index in [9.17, 15) is 14.0 Å². The van der Waals surface area contributed by atoms with Crippen molar-refractivity contribution in [3.05, 3.63) is 76.8 Å². The van der Waals surface area contributed by atoms with Gasteiger partial charge in [-0.15, -0.1) is 0 Å². The number of likely N-dealkylation sites (tertiary alicyclic amines) is 1. The van der Waals surface area contributed by atoms with Gasteiger partial charge in [0.15, 0.2) is 5.82 Å². The van der Waals surface area contributed by atoms with E-state index in [1.165, 1.54) is 10.7 Å². The van der Waals surface area contributed by atoms with Gasteiger partial charge in [0.2, 0.25) is 5.91 Å². The summed E-state index contributed by atoms with van der Waals surface area (Å²) in [7, 11) is 0. The van der Waals surface area contributed by atoms with Crippen LogP contribution in [-0.4, -0.2) is 39.1 Å². The molecule has 2 amide bonds. The monoisotopic (exact) mass is 456 g/mol. The number of halogens is 2. The van der Waals surface area contributed by atoms with Crippen LogP contribution in [-0.2, 0) is 4.79 Å². The maximum absolute atomic E-state index is 14.4. The first-order valence-electron chi connectivity index (χ1n) is 9.20. The summed E-state index contributed by atoms with van der Waals surface area (Å²) >= 11 is 3.35. The van der Waals surface area contributed by atoms with Gasteiger partial charge in [0.1, 0.15) is 11.7 Å². The van der Waals surface area contributed by atoms with Crippen LogP contribution in [0.2, 0.25) is 0 Å². The van der Waals surface area contributed by atoms with Crippen LogP contribution in [0.15, 0.2) is 65.4 Å². The number of amides is 2. The summed E-state index contributed by atoms with van der Waals surface area (Å²) in [5.41, 5.74) is 1.16. The van der Waals surface area contributed by atoms with Crippen LogP contribution >= 0.6 is 15.9 Å². The van der Waals surface area contributed by atoms with Crippen molar-refractivity contribution < 1.29 is 14.0 Å². The fourth-order valence-corrected chi connectivity index (χ4v) is 3.71. The van der Waals surface area contributed by atoms with Crippen molar-refractivity contribution in [1.29, 1.82) is 0 Å². The Kier molecular flexibility index (Phi) is 5.44. The molecule has 2 aromatic carbocycles. The molecule has 0 spiro atoms. The second-order valence-corrected chi connectivity index (χ2v) is 7.69. The van der Waals surface area contributed by atoms with Gasteiger partial charge in [-0.25, -0.2) is 9.07 Å². The molecule has 8 heteroatoms. The van der Waals surface area contributed by atoms with Crippen LogP contribution in [0.5, 0.6) is 0 Å². The summed E-state index contributed by atoms with van der Waals surface area (Å²) in [5.74, 6) is -1.00. The molecule has 0 aliphatic carbocycles. The van der Waals surface area contributed by atoms with Gasteiger partial charge in [-0.1, -0.05) is 15.9 Å². The lowest BCUT2D eigenvalue weighted by molar-refractivity contribution is -0.119. The summed E-state index contributed by atoms with van der Waals surface area (Å²) in [6.07, 6.45) is 4.52. The molecule has 1 N–H and O–H groups in total. The van der Waals surface area contributed by atoms with E-state index in [-0.39, 0.29) is 11.8 Å². The van der Waals surface area contributed by atoms with Gasteiger partial charge < -0.3 is 10.2 Å². The molecule has 3 aromatic rings. The number of carbonyl (C=O) groups is 2. The van der Waals surface area contributed by atoms with Crippen LogP contribution in [0.3, 0.4) is 0 Å². The Morgan fingerprint density at radius 3 is 2.66 bits per heavy atom. The predicted octanol–water partition coefficient (Wildman–Crippen LogP) is 4.02. The smallest absolute Gasteiger partial charge is 0.254 e. The Morgan fingerprint density at radius 1 is 1.17 bits per heavy atom. The average Bonchev–Trinajstić information content (AvgIpc) is 3.40. The van der Waals surface area contributed by atoms with E-state index in [0.717, 1.165) is 10.9 Å². The predicted molar refractivity (Wildman–Crippen MR) is 110 cm³/mol. The maximum Gasteiger partial charge on any atom is 0.254 e. The molecule has 1 unspecified atom stereocenters. The molecule has 1 saturated heterocycles. The van der Waals surface area contributed by atoms with Crippen molar-refractivity contribution in [3.8, 4) is 5.69 Å². The van der Waals surface area contributed by atoms with Crippen LogP contribution in [0, 0.1) is 5.82 Å². The molecule has 29 heavy (non-hydrogen) atoms. The van der Waals surface area contributed by atoms with E-state index < -0.39 is 11.9 Å². The van der Waals surface area contributed by atoms with Gasteiger partial charge in [-0.3, -0.25) is 9.59 Å². The van der Waals surface area contributed by atoms with E-state index in [2.05, 4.69) is 26.3 Å². The molecular formula is C21H18BrFN4O2. The lowest BCUT2D eigenvalue weighted by atomic mass is 10.1. The molecule has 4 rings (SSSR count). The topological polar surface area (TPSA) is 67.2 Å². The first-order valence-corrected chi connectivity index (χ1v) is 9.99. The van der Waals surface area contributed by atoms with Crippen molar-refractivity contribution >= 4 is 33.4 Å². The number of anilines is 1. The van der Waals surface area contributed by atoms with Gasteiger partial charge >= 0.3 is 0 Å². The summed E-state index contributed by atoms with van der Waals surface area (Å²) in [4.78, 5) is 27.2. The lowest BCUT2D eigenvalue weighted by Crippen LogP contribution is -2.43. The van der Waals surface area contributed by atoms with Crippen molar-refractivity contribution in [2.24, 2.45) is 0 Å². The highest BCUT2D eigenvalue weighted by Crippen LogP contribution is 2.24. The largest absolute Gasteiger partial charge is 0.327 e. The second kappa shape index (κ2) is 8.16. The Balaban J connectivity index is 1.48. The van der Waals surface area contributed by atoms with Crippen molar-refractivity contribution in [2.45, 2.75) is 18.9 Å². The molecule has 0 radical (unpaired) electrons. The van der Waals surface area contributed by atoms with Gasteiger partial charge in [0.25, 0.3) is 5.91 Å². The molecule has 148 valence electrons. The number of hydrogen-bond donors (Lipinski definition) is 1. The van der Waals surface area contributed by atoms with E-state index in [1.807, 2.05) is 0 Å². The highest BCUT2D eigenvalue weighted by atomic mass is 79.9. The first-order chi connectivity index (χ1) is 14.0. The van der Waals surface area contributed by atoms with Gasteiger partial charge in [0, 0.05) is 34.7 Å². The number of carbonyl (C=O) groups excluding carboxylic acids is 2. The molecule has 1 atom stereocenters. The first kappa shape index (κ1) is 19.3. The summed E-state index contributed by atoms with van der Waals surface area (Å²) < 4.78 is 16.7. The zero-order valence-electron chi connectivity index (χ0n) is 15.4. The fourth-order valence-electron chi connectivity index (χ4n) is 3.45. The highest BCUT2D eigenvalue weighted by Gasteiger charge is 2.34. The van der Waals surface area contributed by atoms with Crippen LogP contribution in [0.4, 0.5) is 10.1 Å². The normalized spacial score (nSPS) is 16.1. The Hall–Kier alpha value is -3.00. The third-order valence-electron chi connectivity index (χ3n) is 4.87. The Labute approximate surface area is 175 Å². The minimum atomic E-state index is -0.583. The van der Waals surface area contributed by atoms with Crippen molar-refractivity contribution in [1.82, 2.24) is 14.7 Å². The van der Waals surface area contributed by atoms with E-state index in [0.29, 0.717) is 29.9 Å². The van der Waals surface area contributed by atoms with Crippen LogP contribution in [0.1, 0.15) is 23.2 Å².